The van der Waals surface area contributed by atoms with E-state index in [2.05, 4.69) is 0 Å². The van der Waals surface area contributed by atoms with Crippen LogP contribution in [0.1, 0.15) is 5.56 Å². The van der Waals surface area contributed by atoms with Gasteiger partial charge in [-0.05, 0) is 0 Å². The predicted octanol–water partition coefficient (Wildman–Crippen LogP) is 2.22. The molecule has 1 aliphatic heterocycles. The van der Waals surface area contributed by atoms with E-state index in [9.17, 15) is 4.39 Å². The Morgan fingerprint density at radius 1 is 1.44 bits per heavy atom. The van der Waals surface area contributed by atoms with Gasteiger partial charge in [0.05, 0.1) is 10.6 Å². The highest BCUT2D eigenvalue weighted by molar-refractivity contribution is 6.31. The largest absolute Gasteiger partial charge is 0.486 e. The topological polar surface area (TPSA) is 44.5 Å². The van der Waals surface area contributed by atoms with Crippen molar-refractivity contribution >= 4 is 17.7 Å². The van der Waals surface area contributed by atoms with Crippen molar-refractivity contribution in [1.82, 2.24) is 0 Å². The molecule has 0 aromatic heterocycles. The molecule has 0 unspecified atom stereocenters. The van der Waals surface area contributed by atoms with E-state index in [0.29, 0.717) is 31.3 Å². The van der Waals surface area contributed by atoms with Crippen LogP contribution in [0.25, 0.3) is 6.08 Å². The second-order valence-electron chi connectivity index (χ2n) is 3.25. The molecule has 0 amide bonds. The Bertz CT molecular complexity index is 434. The van der Waals surface area contributed by atoms with Gasteiger partial charge in [-0.2, -0.15) is 0 Å². The van der Waals surface area contributed by atoms with Gasteiger partial charge in [0, 0.05) is 12.6 Å². The van der Waals surface area contributed by atoms with Gasteiger partial charge in [0.1, 0.15) is 13.2 Å². The van der Waals surface area contributed by atoms with Crippen molar-refractivity contribution < 1.29 is 13.9 Å². The van der Waals surface area contributed by atoms with Gasteiger partial charge in [0.2, 0.25) is 0 Å². The minimum atomic E-state index is -0.518. The highest BCUT2D eigenvalue weighted by atomic mass is 35.5. The van der Waals surface area contributed by atoms with Crippen molar-refractivity contribution in [3.63, 3.8) is 0 Å². The lowest BCUT2D eigenvalue weighted by atomic mass is 10.1. The number of hydrogen-bond acceptors (Lipinski definition) is 3. The van der Waals surface area contributed by atoms with Crippen molar-refractivity contribution in [2.45, 2.75) is 0 Å². The Morgan fingerprint density at radius 2 is 2.19 bits per heavy atom. The first kappa shape index (κ1) is 11.2. The van der Waals surface area contributed by atoms with Gasteiger partial charge in [0.15, 0.2) is 17.3 Å². The molecule has 1 aromatic rings. The summed E-state index contributed by atoms with van der Waals surface area (Å²) < 4.78 is 24.5. The van der Waals surface area contributed by atoms with Gasteiger partial charge in [-0.1, -0.05) is 23.8 Å². The summed E-state index contributed by atoms with van der Waals surface area (Å²) in [4.78, 5) is 0. The lowest BCUT2D eigenvalue weighted by molar-refractivity contribution is 0.170. The average Bonchev–Trinajstić information content (AvgIpc) is 2.30. The number of halogens is 2. The van der Waals surface area contributed by atoms with E-state index in [1.807, 2.05) is 0 Å². The van der Waals surface area contributed by atoms with Gasteiger partial charge in [-0.3, -0.25) is 0 Å². The van der Waals surface area contributed by atoms with Crippen LogP contribution in [-0.2, 0) is 0 Å². The second-order valence-corrected chi connectivity index (χ2v) is 3.66. The van der Waals surface area contributed by atoms with Gasteiger partial charge >= 0.3 is 0 Å². The molecule has 16 heavy (non-hydrogen) atoms. The second kappa shape index (κ2) is 4.72. The normalized spacial score (nSPS) is 14.4. The monoisotopic (exact) mass is 243 g/mol. The van der Waals surface area contributed by atoms with Crippen molar-refractivity contribution in [2.24, 2.45) is 5.73 Å². The van der Waals surface area contributed by atoms with E-state index in [0.717, 1.165) is 0 Å². The summed E-state index contributed by atoms with van der Waals surface area (Å²) in [6, 6.07) is 1.42. The maximum absolute atomic E-state index is 13.8. The molecule has 0 saturated carbocycles. The molecule has 5 heteroatoms. The molecular formula is C11H11ClFNO2. The van der Waals surface area contributed by atoms with Gasteiger partial charge in [-0.25, -0.2) is 4.39 Å². The van der Waals surface area contributed by atoms with E-state index in [4.69, 9.17) is 26.8 Å². The molecule has 0 radical (unpaired) electrons. The van der Waals surface area contributed by atoms with Crippen LogP contribution in [0.3, 0.4) is 0 Å². The standard InChI is InChI=1S/C11H11ClFNO2/c12-8-6-9-11(16-5-4-15-9)7(10(8)13)2-1-3-14/h1-2,6H,3-5,14H2/b2-1+. The molecule has 2 N–H and O–H groups in total. The highest BCUT2D eigenvalue weighted by Gasteiger charge is 2.20. The van der Waals surface area contributed by atoms with Crippen LogP contribution in [0.5, 0.6) is 11.5 Å². The fraction of sp³-hybridized carbons (Fsp3) is 0.273. The number of benzene rings is 1. The van der Waals surface area contributed by atoms with Gasteiger partial charge in [0.25, 0.3) is 0 Å². The SMILES string of the molecule is NC/C=C/c1c(F)c(Cl)cc2c1OCCO2. The van der Waals surface area contributed by atoms with Crippen LogP contribution < -0.4 is 15.2 Å². The first-order valence-corrected chi connectivity index (χ1v) is 5.26. The quantitative estimate of drug-likeness (QED) is 0.866. The van der Waals surface area contributed by atoms with Gasteiger partial charge < -0.3 is 15.2 Å². The minimum Gasteiger partial charge on any atom is -0.486 e. The molecule has 0 bridgehead atoms. The van der Waals surface area contributed by atoms with Crippen LogP contribution in [-0.4, -0.2) is 19.8 Å². The predicted molar refractivity (Wildman–Crippen MR) is 60.5 cm³/mol. The van der Waals surface area contributed by atoms with E-state index in [1.54, 1.807) is 12.2 Å². The Kier molecular flexibility index (Phi) is 3.31. The van der Waals surface area contributed by atoms with E-state index in [1.165, 1.54) is 6.07 Å². The van der Waals surface area contributed by atoms with Crippen LogP contribution in [0, 0.1) is 5.82 Å². The van der Waals surface area contributed by atoms with Crippen molar-refractivity contribution in [1.29, 1.82) is 0 Å². The summed E-state index contributed by atoms with van der Waals surface area (Å²) in [6.07, 6.45) is 3.18. The first-order valence-electron chi connectivity index (χ1n) is 4.88. The molecule has 86 valence electrons. The van der Waals surface area contributed by atoms with Crippen LogP contribution >= 0.6 is 11.6 Å². The molecule has 0 fully saturated rings. The number of hydrogen-bond donors (Lipinski definition) is 1. The highest BCUT2D eigenvalue weighted by Crippen LogP contribution is 2.39. The van der Waals surface area contributed by atoms with Crippen molar-refractivity contribution in [3.05, 3.63) is 28.5 Å². The molecule has 1 aliphatic rings. The smallest absolute Gasteiger partial charge is 0.171 e. The fourth-order valence-electron chi connectivity index (χ4n) is 1.49. The third-order valence-electron chi connectivity index (χ3n) is 2.18. The summed E-state index contributed by atoms with van der Waals surface area (Å²) in [7, 11) is 0. The summed E-state index contributed by atoms with van der Waals surface area (Å²) in [5.74, 6) is 0.336. The van der Waals surface area contributed by atoms with E-state index in [-0.39, 0.29) is 10.6 Å². The van der Waals surface area contributed by atoms with E-state index < -0.39 is 5.82 Å². The summed E-state index contributed by atoms with van der Waals surface area (Å²) >= 11 is 5.75. The Hall–Kier alpha value is -1.26. The number of fused-ring (bicyclic) bond motifs is 1. The zero-order valence-corrected chi connectivity index (χ0v) is 9.26. The Labute approximate surface area is 97.6 Å². The summed E-state index contributed by atoms with van der Waals surface area (Å²) in [6.45, 7) is 1.16. The molecule has 0 atom stereocenters. The first-order chi connectivity index (χ1) is 7.74. The lowest BCUT2D eigenvalue weighted by Gasteiger charge is -2.21. The maximum Gasteiger partial charge on any atom is 0.171 e. The summed E-state index contributed by atoms with van der Waals surface area (Å²) in [5, 5.41) is 0.0147. The lowest BCUT2D eigenvalue weighted by Crippen LogP contribution is -2.16. The fourth-order valence-corrected chi connectivity index (χ4v) is 1.69. The molecule has 1 aromatic carbocycles. The average molecular weight is 244 g/mol. The molecule has 0 aliphatic carbocycles. The number of rotatable bonds is 2. The van der Waals surface area contributed by atoms with Crippen LogP contribution in [0.4, 0.5) is 4.39 Å². The maximum atomic E-state index is 13.8. The Balaban J connectivity index is 2.54. The number of nitrogens with two attached hydrogens (primary N) is 1. The van der Waals surface area contributed by atoms with Crippen molar-refractivity contribution in [2.75, 3.05) is 19.8 Å². The molecule has 0 saturated heterocycles. The van der Waals surface area contributed by atoms with Crippen molar-refractivity contribution in [3.8, 4) is 11.5 Å². The van der Waals surface area contributed by atoms with Crippen LogP contribution in [0.15, 0.2) is 12.1 Å². The third kappa shape index (κ3) is 1.99. The molecule has 3 nitrogen and oxygen atoms in total. The van der Waals surface area contributed by atoms with Gasteiger partial charge in [-0.15, -0.1) is 0 Å². The molecule has 0 spiro atoms. The Morgan fingerprint density at radius 3 is 2.94 bits per heavy atom. The van der Waals surface area contributed by atoms with Crippen LogP contribution in [0.2, 0.25) is 5.02 Å². The third-order valence-corrected chi connectivity index (χ3v) is 2.46. The zero-order chi connectivity index (χ0) is 11.5. The summed E-state index contributed by atoms with van der Waals surface area (Å²) in [5.41, 5.74) is 5.61. The zero-order valence-electron chi connectivity index (χ0n) is 8.50. The molecule has 1 heterocycles. The minimum absolute atomic E-state index is 0.0147. The van der Waals surface area contributed by atoms with E-state index >= 15 is 0 Å². The molecule has 2 rings (SSSR count). The number of ether oxygens (including phenoxy) is 2. The molecular weight excluding hydrogens is 233 g/mol.